The summed E-state index contributed by atoms with van der Waals surface area (Å²) in [6.07, 6.45) is 4.29. The Morgan fingerprint density at radius 2 is 2.09 bits per heavy atom. The quantitative estimate of drug-likeness (QED) is 0.623. The van der Waals surface area contributed by atoms with Gasteiger partial charge in [-0.2, -0.15) is 0 Å². The lowest BCUT2D eigenvalue weighted by Gasteiger charge is -2.14. The molecule has 3 aromatic heterocycles. The fourth-order valence-corrected chi connectivity index (χ4v) is 3.83. The van der Waals surface area contributed by atoms with Gasteiger partial charge in [0, 0.05) is 17.8 Å². The van der Waals surface area contributed by atoms with E-state index < -0.39 is 0 Å². The van der Waals surface area contributed by atoms with E-state index in [2.05, 4.69) is 56.8 Å². The van der Waals surface area contributed by atoms with Gasteiger partial charge in [-0.15, -0.1) is 11.3 Å². The number of imidazole rings is 1. The zero-order chi connectivity index (χ0) is 15.8. The topological polar surface area (TPSA) is 55.6 Å². The summed E-state index contributed by atoms with van der Waals surface area (Å²) in [5.41, 5.74) is 3.03. The summed E-state index contributed by atoms with van der Waals surface area (Å²) in [5, 5.41) is 7.07. The van der Waals surface area contributed by atoms with Crippen molar-refractivity contribution in [3.63, 3.8) is 0 Å². The molecule has 116 valence electrons. The maximum absolute atomic E-state index is 4.40. The van der Waals surface area contributed by atoms with Gasteiger partial charge in [0.25, 0.3) is 0 Å². The first kappa shape index (κ1) is 14.1. The molecule has 0 amide bonds. The minimum atomic E-state index is 0.258. The standard InChI is InChI=1S/C17H17N5S/c1-11(7-12-8-23-14-6-4-3-5-13(12)14)21-16-15-17(19-9-18-16)22(2)10-20-15/h3-6,8-11H,7H2,1-2H3,(H,18,19,21). The summed E-state index contributed by atoms with van der Waals surface area (Å²) in [6.45, 7) is 2.17. The Kier molecular flexibility index (Phi) is 3.46. The number of rotatable bonds is 4. The normalized spacial score (nSPS) is 12.8. The van der Waals surface area contributed by atoms with Crippen molar-refractivity contribution >= 4 is 38.4 Å². The highest BCUT2D eigenvalue weighted by Crippen LogP contribution is 2.27. The van der Waals surface area contributed by atoms with Crippen molar-refractivity contribution in [3.8, 4) is 0 Å². The minimum absolute atomic E-state index is 0.258. The number of anilines is 1. The molecule has 0 aliphatic heterocycles. The maximum atomic E-state index is 4.40. The van der Waals surface area contributed by atoms with Gasteiger partial charge in [0.05, 0.1) is 6.33 Å². The van der Waals surface area contributed by atoms with Gasteiger partial charge in [-0.05, 0) is 35.7 Å². The van der Waals surface area contributed by atoms with Crippen molar-refractivity contribution in [2.45, 2.75) is 19.4 Å². The Bertz CT molecular complexity index is 971. The smallest absolute Gasteiger partial charge is 0.165 e. The Labute approximate surface area is 138 Å². The summed E-state index contributed by atoms with van der Waals surface area (Å²) in [5.74, 6) is 0.794. The first-order valence-corrected chi connectivity index (χ1v) is 8.44. The molecule has 5 nitrogen and oxygen atoms in total. The first-order valence-electron chi connectivity index (χ1n) is 7.56. The largest absolute Gasteiger partial charge is 0.365 e. The molecule has 0 fully saturated rings. The van der Waals surface area contributed by atoms with Crippen LogP contribution in [0.1, 0.15) is 12.5 Å². The fraction of sp³-hybridized carbons (Fsp3) is 0.235. The molecular formula is C17H17N5S. The molecule has 4 aromatic rings. The van der Waals surface area contributed by atoms with E-state index in [1.165, 1.54) is 15.6 Å². The third kappa shape index (κ3) is 2.55. The predicted octanol–water partition coefficient (Wildman–Crippen LogP) is 3.62. The van der Waals surface area contributed by atoms with Crippen LogP contribution in [-0.4, -0.2) is 25.6 Å². The lowest BCUT2D eigenvalue weighted by molar-refractivity contribution is 0.791. The van der Waals surface area contributed by atoms with E-state index in [9.17, 15) is 0 Å². The van der Waals surface area contributed by atoms with Crippen LogP contribution in [0, 0.1) is 0 Å². The van der Waals surface area contributed by atoms with E-state index in [-0.39, 0.29) is 6.04 Å². The second-order valence-corrected chi connectivity index (χ2v) is 6.67. The molecule has 1 atom stereocenters. The van der Waals surface area contributed by atoms with E-state index in [4.69, 9.17) is 0 Å². The highest BCUT2D eigenvalue weighted by molar-refractivity contribution is 7.17. The Hall–Kier alpha value is -2.47. The fourth-order valence-electron chi connectivity index (χ4n) is 2.86. The average molecular weight is 323 g/mol. The molecule has 1 aromatic carbocycles. The van der Waals surface area contributed by atoms with E-state index in [1.54, 1.807) is 24.0 Å². The lowest BCUT2D eigenvalue weighted by atomic mass is 10.1. The monoisotopic (exact) mass is 323 g/mol. The summed E-state index contributed by atoms with van der Waals surface area (Å²) in [4.78, 5) is 13.0. The summed E-state index contributed by atoms with van der Waals surface area (Å²) in [6, 6.07) is 8.80. The Morgan fingerprint density at radius 1 is 1.22 bits per heavy atom. The molecule has 4 rings (SSSR count). The van der Waals surface area contributed by atoms with E-state index >= 15 is 0 Å². The van der Waals surface area contributed by atoms with E-state index in [0.29, 0.717) is 0 Å². The molecule has 0 saturated carbocycles. The van der Waals surface area contributed by atoms with Crippen LogP contribution in [0.5, 0.6) is 0 Å². The van der Waals surface area contributed by atoms with Crippen molar-refractivity contribution in [1.29, 1.82) is 0 Å². The van der Waals surface area contributed by atoms with Gasteiger partial charge < -0.3 is 9.88 Å². The van der Waals surface area contributed by atoms with Gasteiger partial charge in [-0.1, -0.05) is 18.2 Å². The lowest BCUT2D eigenvalue weighted by Crippen LogP contribution is -2.19. The molecule has 1 unspecified atom stereocenters. The Balaban J connectivity index is 1.59. The van der Waals surface area contributed by atoms with Gasteiger partial charge >= 0.3 is 0 Å². The highest BCUT2D eigenvalue weighted by atomic mass is 32.1. The third-order valence-corrected chi connectivity index (χ3v) is 4.98. The number of thiophene rings is 1. The number of hydrogen-bond donors (Lipinski definition) is 1. The van der Waals surface area contributed by atoms with Gasteiger partial charge in [0.1, 0.15) is 11.8 Å². The Morgan fingerprint density at radius 3 is 3.00 bits per heavy atom. The van der Waals surface area contributed by atoms with E-state index in [0.717, 1.165) is 23.4 Å². The molecular weight excluding hydrogens is 306 g/mol. The highest BCUT2D eigenvalue weighted by Gasteiger charge is 2.13. The minimum Gasteiger partial charge on any atom is -0.365 e. The molecule has 3 heterocycles. The van der Waals surface area contributed by atoms with Crippen LogP contribution in [0.3, 0.4) is 0 Å². The zero-order valence-corrected chi connectivity index (χ0v) is 13.8. The van der Waals surface area contributed by atoms with Crippen molar-refractivity contribution < 1.29 is 0 Å². The third-order valence-electron chi connectivity index (χ3n) is 3.97. The number of aromatic nitrogens is 4. The number of nitrogens with one attached hydrogen (secondary N) is 1. The molecule has 23 heavy (non-hydrogen) atoms. The average Bonchev–Trinajstić information content (AvgIpc) is 3.13. The van der Waals surface area contributed by atoms with E-state index in [1.807, 2.05) is 11.6 Å². The number of aryl methyl sites for hydroxylation is 1. The molecule has 0 bridgehead atoms. The first-order chi connectivity index (χ1) is 11.2. The van der Waals surface area contributed by atoms with Crippen molar-refractivity contribution in [3.05, 3.63) is 47.9 Å². The summed E-state index contributed by atoms with van der Waals surface area (Å²) >= 11 is 1.80. The number of hydrogen-bond acceptors (Lipinski definition) is 5. The predicted molar refractivity (Wildman–Crippen MR) is 94.9 cm³/mol. The van der Waals surface area contributed by atoms with Crippen LogP contribution < -0.4 is 5.32 Å². The van der Waals surface area contributed by atoms with Crippen molar-refractivity contribution in [2.75, 3.05) is 5.32 Å². The molecule has 0 spiro atoms. The van der Waals surface area contributed by atoms with Crippen molar-refractivity contribution in [1.82, 2.24) is 19.5 Å². The van der Waals surface area contributed by atoms with Gasteiger partial charge in [-0.3, -0.25) is 0 Å². The molecule has 0 aliphatic rings. The van der Waals surface area contributed by atoms with Crippen LogP contribution in [-0.2, 0) is 13.5 Å². The zero-order valence-electron chi connectivity index (χ0n) is 13.0. The molecule has 0 saturated heterocycles. The van der Waals surface area contributed by atoms with Crippen LogP contribution in [0.25, 0.3) is 21.3 Å². The molecule has 0 aliphatic carbocycles. The van der Waals surface area contributed by atoms with Crippen LogP contribution in [0.4, 0.5) is 5.82 Å². The second-order valence-electron chi connectivity index (χ2n) is 5.76. The number of fused-ring (bicyclic) bond motifs is 2. The van der Waals surface area contributed by atoms with Crippen LogP contribution >= 0.6 is 11.3 Å². The van der Waals surface area contributed by atoms with Gasteiger partial charge in [0.15, 0.2) is 11.5 Å². The second kappa shape index (κ2) is 5.62. The summed E-state index contributed by atoms with van der Waals surface area (Å²) in [7, 11) is 1.94. The number of nitrogens with zero attached hydrogens (tertiary/aromatic N) is 4. The van der Waals surface area contributed by atoms with Crippen LogP contribution in [0.2, 0.25) is 0 Å². The summed E-state index contributed by atoms with van der Waals surface area (Å²) < 4.78 is 3.24. The number of benzene rings is 1. The maximum Gasteiger partial charge on any atom is 0.165 e. The molecule has 1 N–H and O–H groups in total. The van der Waals surface area contributed by atoms with Gasteiger partial charge in [-0.25, -0.2) is 15.0 Å². The van der Waals surface area contributed by atoms with Gasteiger partial charge in [0.2, 0.25) is 0 Å². The van der Waals surface area contributed by atoms with Crippen LogP contribution in [0.15, 0.2) is 42.3 Å². The SMILES string of the molecule is CC(Cc1csc2ccccc12)Nc1ncnc2c1ncn2C. The van der Waals surface area contributed by atoms with Crippen molar-refractivity contribution in [2.24, 2.45) is 7.05 Å². The molecule has 0 radical (unpaired) electrons. The molecule has 6 heteroatoms.